The Balaban J connectivity index is 1.89. The maximum absolute atomic E-state index is 11.3. The van der Waals surface area contributed by atoms with Gasteiger partial charge in [0.15, 0.2) is 5.11 Å². The lowest BCUT2D eigenvalue weighted by Crippen LogP contribution is -2.44. The zero-order valence-corrected chi connectivity index (χ0v) is 13.6. The molecule has 0 amide bonds. The van der Waals surface area contributed by atoms with Gasteiger partial charge in [-0.2, -0.15) is 5.10 Å². The Bertz CT molecular complexity index is 621. The molecule has 1 aliphatic rings. The molecule has 0 unspecified atom stereocenters. The fourth-order valence-corrected chi connectivity index (χ4v) is 2.86. The summed E-state index contributed by atoms with van der Waals surface area (Å²) in [5.41, 5.74) is 2.69. The molecule has 124 valence electrons. The number of nitro groups is 1. The zero-order chi connectivity index (χ0) is 16.8. The second-order valence-corrected chi connectivity index (χ2v) is 6.10. The molecule has 0 radical (unpaired) electrons. The van der Waals surface area contributed by atoms with Gasteiger partial charge >= 0.3 is 0 Å². The van der Waals surface area contributed by atoms with Crippen LogP contribution in [0.25, 0.3) is 0 Å². The molecule has 23 heavy (non-hydrogen) atoms. The molecule has 2 atom stereocenters. The number of hydrazone groups is 1. The second-order valence-electron chi connectivity index (χ2n) is 5.70. The summed E-state index contributed by atoms with van der Waals surface area (Å²) in [4.78, 5) is 10.0. The van der Waals surface area contributed by atoms with Crippen LogP contribution in [0.5, 0.6) is 5.75 Å². The molecule has 0 heterocycles. The predicted molar refractivity (Wildman–Crippen MR) is 90.4 cm³/mol. The Morgan fingerprint density at radius 3 is 2.87 bits per heavy atom. The first-order valence-corrected chi connectivity index (χ1v) is 7.93. The third-order valence-electron chi connectivity index (χ3n) is 3.99. The van der Waals surface area contributed by atoms with Crippen LogP contribution < -0.4 is 15.8 Å². The summed E-state index contributed by atoms with van der Waals surface area (Å²) in [5, 5.41) is 29.7. The van der Waals surface area contributed by atoms with Crippen LogP contribution in [0.2, 0.25) is 0 Å². The zero-order valence-electron chi connectivity index (χ0n) is 12.8. The SMILES string of the molecule is C[C@@H]1CCCC[C@H]1NC(=S)N/N=C\c1ccc([O-])c([N+](=O)[O-])c1. The number of nitrogens with one attached hydrogen (secondary N) is 2. The van der Waals surface area contributed by atoms with Crippen molar-refractivity contribution < 1.29 is 10.0 Å². The number of benzene rings is 1. The maximum Gasteiger partial charge on any atom is 0.262 e. The summed E-state index contributed by atoms with van der Waals surface area (Å²) in [6.45, 7) is 2.20. The smallest absolute Gasteiger partial charge is 0.262 e. The molecule has 1 fully saturated rings. The van der Waals surface area contributed by atoms with Gasteiger partial charge in [-0.3, -0.25) is 15.5 Å². The molecule has 0 aromatic heterocycles. The van der Waals surface area contributed by atoms with Crippen molar-refractivity contribution in [1.82, 2.24) is 10.7 Å². The third-order valence-corrected chi connectivity index (χ3v) is 4.20. The lowest BCUT2D eigenvalue weighted by Gasteiger charge is -2.30. The highest BCUT2D eigenvalue weighted by Crippen LogP contribution is 2.24. The van der Waals surface area contributed by atoms with Crippen molar-refractivity contribution in [3.8, 4) is 5.75 Å². The molecule has 0 spiro atoms. The van der Waals surface area contributed by atoms with Crippen molar-refractivity contribution >= 4 is 29.2 Å². The van der Waals surface area contributed by atoms with Crippen LogP contribution in [-0.2, 0) is 0 Å². The predicted octanol–water partition coefficient (Wildman–Crippen LogP) is 2.05. The highest BCUT2D eigenvalue weighted by molar-refractivity contribution is 7.80. The number of thiocarbonyl (C=S) groups is 1. The highest BCUT2D eigenvalue weighted by Gasteiger charge is 2.21. The van der Waals surface area contributed by atoms with Gasteiger partial charge in [-0.1, -0.05) is 31.9 Å². The molecule has 8 heteroatoms. The minimum atomic E-state index is -0.705. The summed E-state index contributed by atoms with van der Waals surface area (Å²) < 4.78 is 0. The van der Waals surface area contributed by atoms with Crippen LogP contribution in [0.1, 0.15) is 38.2 Å². The van der Waals surface area contributed by atoms with Gasteiger partial charge in [-0.05, 0) is 36.7 Å². The second kappa shape index (κ2) is 7.87. The van der Waals surface area contributed by atoms with Gasteiger partial charge in [0.05, 0.1) is 11.1 Å². The van der Waals surface area contributed by atoms with Crippen molar-refractivity contribution in [2.75, 3.05) is 0 Å². The number of hydrogen-bond acceptors (Lipinski definition) is 5. The van der Waals surface area contributed by atoms with Crippen molar-refractivity contribution in [1.29, 1.82) is 0 Å². The van der Waals surface area contributed by atoms with E-state index in [0.717, 1.165) is 12.5 Å². The van der Waals surface area contributed by atoms with Gasteiger partial charge in [-0.15, -0.1) is 0 Å². The van der Waals surface area contributed by atoms with Crippen molar-refractivity contribution in [3.63, 3.8) is 0 Å². The molecule has 0 saturated heterocycles. The summed E-state index contributed by atoms with van der Waals surface area (Å²) >= 11 is 5.20. The van der Waals surface area contributed by atoms with E-state index in [4.69, 9.17) is 12.2 Å². The Hall–Kier alpha value is -2.22. The number of rotatable bonds is 4. The van der Waals surface area contributed by atoms with Crippen molar-refractivity contribution in [3.05, 3.63) is 33.9 Å². The first-order valence-electron chi connectivity index (χ1n) is 7.52. The molecule has 1 aromatic carbocycles. The maximum atomic E-state index is 11.3. The molecule has 1 aromatic rings. The lowest BCUT2D eigenvalue weighted by molar-refractivity contribution is -0.398. The van der Waals surface area contributed by atoms with E-state index in [9.17, 15) is 15.2 Å². The van der Waals surface area contributed by atoms with Gasteiger partial charge in [0.25, 0.3) is 5.69 Å². The van der Waals surface area contributed by atoms with Gasteiger partial charge in [0.1, 0.15) is 0 Å². The minimum Gasteiger partial charge on any atom is -0.868 e. The largest absolute Gasteiger partial charge is 0.868 e. The Kier molecular flexibility index (Phi) is 5.86. The Morgan fingerprint density at radius 2 is 2.17 bits per heavy atom. The van der Waals surface area contributed by atoms with Gasteiger partial charge < -0.3 is 10.4 Å². The molecule has 2 rings (SSSR count). The van der Waals surface area contributed by atoms with Gasteiger partial charge in [0, 0.05) is 17.7 Å². The van der Waals surface area contributed by atoms with Crippen LogP contribution in [0.4, 0.5) is 5.69 Å². The van der Waals surface area contributed by atoms with Crippen LogP contribution in [0.15, 0.2) is 23.3 Å². The Labute approximate surface area is 139 Å². The van der Waals surface area contributed by atoms with Gasteiger partial charge in [-0.25, -0.2) is 0 Å². The quantitative estimate of drug-likeness (QED) is 0.378. The summed E-state index contributed by atoms with van der Waals surface area (Å²) in [7, 11) is 0. The van der Waals surface area contributed by atoms with E-state index in [1.54, 1.807) is 0 Å². The number of nitro benzene ring substituents is 1. The van der Waals surface area contributed by atoms with Crippen LogP contribution >= 0.6 is 12.2 Å². The molecule has 0 bridgehead atoms. The van der Waals surface area contributed by atoms with E-state index < -0.39 is 16.4 Å². The van der Waals surface area contributed by atoms with Crippen LogP contribution in [0.3, 0.4) is 0 Å². The average Bonchev–Trinajstić information content (AvgIpc) is 2.51. The molecule has 1 saturated carbocycles. The first-order chi connectivity index (χ1) is 11.0. The standard InChI is InChI=1S/C15H20N4O3S/c1-10-4-2-3-5-12(10)17-15(23)18-16-9-11-6-7-14(20)13(8-11)19(21)22/h6-10,12,20H,2-5H2,1H3,(H2,17,18,23)/p-1/b16-9-/t10-,12-/m1/s1. The van der Waals surface area contributed by atoms with E-state index in [2.05, 4.69) is 22.8 Å². The van der Waals surface area contributed by atoms with E-state index in [1.807, 2.05) is 0 Å². The fraction of sp³-hybridized carbons (Fsp3) is 0.467. The molecular formula is C15H19N4O3S-. The normalized spacial score (nSPS) is 21.1. The number of nitrogens with zero attached hydrogens (tertiary/aromatic N) is 2. The molecule has 7 nitrogen and oxygen atoms in total. The number of hydrogen-bond donors (Lipinski definition) is 2. The van der Waals surface area contributed by atoms with Crippen LogP contribution in [-0.4, -0.2) is 22.3 Å². The van der Waals surface area contributed by atoms with Crippen LogP contribution in [0, 0.1) is 16.0 Å². The fourth-order valence-electron chi connectivity index (χ4n) is 2.65. The molecule has 2 N–H and O–H groups in total. The third kappa shape index (κ3) is 4.88. The van der Waals surface area contributed by atoms with Gasteiger partial charge in [0.2, 0.25) is 0 Å². The summed E-state index contributed by atoms with van der Waals surface area (Å²) in [6, 6.07) is 4.16. The van der Waals surface area contributed by atoms with E-state index in [0.29, 0.717) is 22.6 Å². The minimum absolute atomic E-state index is 0.347. The highest BCUT2D eigenvalue weighted by atomic mass is 32.1. The Morgan fingerprint density at radius 1 is 1.43 bits per heavy atom. The van der Waals surface area contributed by atoms with E-state index in [1.165, 1.54) is 37.6 Å². The molecular weight excluding hydrogens is 316 g/mol. The summed E-state index contributed by atoms with van der Waals surface area (Å²) in [6.07, 6.45) is 6.12. The monoisotopic (exact) mass is 335 g/mol. The molecule has 0 aliphatic heterocycles. The lowest BCUT2D eigenvalue weighted by atomic mass is 9.86. The first kappa shape index (κ1) is 17.1. The van der Waals surface area contributed by atoms with Crippen molar-refractivity contribution in [2.24, 2.45) is 11.0 Å². The molecule has 1 aliphatic carbocycles. The van der Waals surface area contributed by atoms with Crippen molar-refractivity contribution in [2.45, 2.75) is 38.6 Å². The average molecular weight is 335 g/mol. The summed E-state index contributed by atoms with van der Waals surface area (Å²) in [5.74, 6) is -0.0525. The van der Waals surface area contributed by atoms with E-state index >= 15 is 0 Å². The topological polar surface area (TPSA) is 103 Å². The van der Waals surface area contributed by atoms with E-state index in [-0.39, 0.29) is 0 Å².